The zero-order chi connectivity index (χ0) is 14.7. The third kappa shape index (κ3) is 3.18. The van der Waals surface area contributed by atoms with Gasteiger partial charge in [0.2, 0.25) is 0 Å². The molecule has 2 heterocycles. The molecule has 0 aliphatic heterocycles. The van der Waals surface area contributed by atoms with Crippen LogP contribution >= 0.6 is 22.9 Å². The van der Waals surface area contributed by atoms with E-state index in [9.17, 15) is 0 Å². The van der Waals surface area contributed by atoms with E-state index in [1.165, 1.54) is 4.88 Å². The van der Waals surface area contributed by atoms with Gasteiger partial charge in [-0.1, -0.05) is 35.9 Å². The summed E-state index contributed by atoms with van der Waals surface area (Å²) in [4.78, 5) is 1.20. The maximum absolute atomic E-state index is 6.24. The van der Waals surface area contributed by atoms with Crippen molar-refractivity contribution in [2.45, 2.75) is 19.5 Å². The Morgan fingerprint density at radius 1 is 1.29 bits per heavy atom. The van der Waals surface area contributed by atoms with Crippen LogP contribution < -0.4 is 5.32 Å². The SMILES string of the molecule is C[C@H](NCc1cn[nH]c1-c1cccs1)c1ccccc1Cl. The van der Waals surface area contributed by atoms with Crippen molar-refractivity contribution in [2.24, 2.45) is 0 Å². The minimum absolute atomic E-state index is 0.185. The van der Waals surface area contributed by atoms with Gasteiger partial charge in [-0.3, -0.25) is 5.10 Å². The summed E-state index contributed by atoms with van der Waals surface area (Å²) >= 11 is 7.94. The van der Waals surface area contributed by atoms with Gasteiger partial charge < -0.3 is 5.32 Å². The molecular weight excluding hydrogens is 302 g/mol. The van der Waals surface area contributed by atoms with Crippen LogP contribution in [-0.2, 0) is 6.54 Å². The number of benzene rings is 1. The fourth-order valence-corrected chi connectivity index (χ4v) is 3.33. The predicted octanol–water partition coefficient (Wildman–Crippen LogP) is 4.64. The van der Waals surface area contributed by atoms with E-state index in [1.807, 2.05) is 30.5 Å². The number of thiophene rings is 1. The average molecular weight is 318 g/mol. The molecule has 0 fully saturated rings. The lowest BCUT2D eigenvalue weighted by molar-refractivity contribution is 0.575. The van der Waals surface area contributed by atoms with Crippen molar-refractivity contribution in [3.8, 4) is 10.6 Å². The number of hydrogen-bond acceptors (Lipinski definition) is 3. The summed E-state index contributed by atoms with van der Waals surface area (Å²) in [5, 5.41) is 13.6. The van der Waals surface area contributed by atoms with Crippen LogP contribution in [0, 0.1) is 0 Å². The third-order valence-corrected chi connectivity index (χ3v) is 4.69. The van der Waals surface area contributed by atoms with Gasteiger partial charge in [-0.25, -0.2) is 0 Å². The number of rotatable bonds is 5. The molecule has 0 amide bonds. The first-order chi connectivity index (χ1) is 10.3. The number of hydrogen-bond donors (Lipinski definition) is 2. The summed E-state index contributed by atoms with van der Waals surface area (Å²) in [6.07, 6.45) is 1.88. The second-order valence-electron chi connectivity index (χ2n) is 4.87. The molecule has 1 aromatic carbocycles. The lowest BCUT2D eigenvalue weighted by atomic mass is 10.1. The first-order valence-electron chi connectivity index (χ1n) is 6.79. The fourth-order valence-electron chi connectivity index (χ4n) is 2.28. The Morgan fingerprint density at radius 3 is 2.90 bits per heavy atom. The van der Waals surface area contributed by atoms with Crippen molar-refractivity contribution in [1.82, 2.24) is 15.5 Å². The Morgan fingerprint density at radius 2 is 2.14 bits per heavy atom. The van der Waals surface area contributed by atoms with E-state index in [4.69, 9.17) is 11.6 Å². The van der Waals surface area contributed by atoms with Crippen LogP contribution in [0.4, 0.5) is 0 Å². The molecule has 108 valence electrons. The van der Waals surface area contributed by atoms with Crippen molar-refractivity contribution in [3.63, 3.8) is 0 Å². The highest BCUT2D eigenvalue weighted by atomic mass is 35.5. The minimum atomic E-state index is 0.185. The van der Waals surface area contributed by atoms with Gasteiger partial charge in [0.05, 0.1) is 16.8 Å². The molecule has 3 aromatic rings. The Kier molecular flexibility index (Phi) is 4.39. The van der Waals surface area contributed by atoms with E-state index < -0.39 is 0 Å². The van der Waals surface area contributed by atoms with E-state index in [0.717, 1.165) is 28.4 Å². The Hall–Kier alpha value is -1.62. The molecular formula is C16H16ClN3S. The highest BCUT2D eigenvalue weighted by Gasteiger charge is 2.12. The smallest absolute Gasteiger partial charge is 0.0794 e. The monoisotopic (exact) mass is 317 g/mol. The second-order valence-corrected chi connectivity index (χ2v) is 6.23. The lowest BCUT2D eigenvalue weighted by Gasteiger charge is -2.15. The van der Waals surface area contributed by atoms with Crippen LogP contribution in [0.1, 0.15) is 24.1 Å². The molecule has 0 aliphatic rings. The zero-order valence-corrected chi connectivity index (χ0v) is 13.2. The van der Waals surface area contributed by atoms with Gasteiger partial charge in [0.15, 0.2) is 0 Å². The predicted molar refractivity (Wildman–Crippen MR) is 88.6 cm³/mol. The largest absolute Gasteiger partial charge is 0.306 e. The zero-order valence-electron chi connectivity index (χ0n) is 11.6. The summed E-state index contributed by atoms with van der Waals surface area (Å²) < 4.78 is 0. The quantitative estimate of drug-likeness (QED) is 0.719. The molecule has 0 saturated carbocycles. The topological polar surface area (TPSA) is 40.7 Å². The van der Waals surface area contributed by atoms with Gasteiger partial charge in [0, 0.05) is 23.2 Å². The molecule has 3 rings (SSSR count). The van der Waals surface area contributed by atoms with Gasteiger partial charge in [-0.15, -0.1) is 11.3 Å². The Balaban J connectivity index is 1.72. The first-order valence-corrected chi connectivity index (χ1v) is 8.05. The number of nitrogens with zero attached hydrogens (tertiary/aromatic N) is 1. The summed E-state index contributed by atoms with van der Waals surface area (Å²) in [7, 11) is 0. The normalized spacial score (nSPS) is 12.5. The molecule has 0 saturated heterocycles. The molecule has 3 nitrogen and oxygen atoms in total. The summed E-state index contributed by atoms with van der Waals surface area (Å²) in [6.45, 7) is 2.86. The minimum Gasteiger partial charge on any atom is -0.306 e. The standard InChI is InChI=1S/C16H16ClN3S/c1-11(13-5-2-3-6-14(13)17)18-9-12-10-19-20-16(12)15-7-4-8-21-15/h2-8,10-11,18H,9H2,1H3,(H,19,20)/t11-/m0/s1. The van der Waals surface area contributed by atoms with Crippen LogP contribution in [-0.4, -0.2) is 10.2 Å². The van der Waals surface area contributed by atoms with Crippen molar-refractivity contribution < 1.29 is 0 Å². The first kappa shape index (κ1) is 14.3. The number of halogens is 1. The van der Waals surface area contributed by atoms with Crippen LogP contribution in [0.2, 0.25) is 5.02 Å². The summed E-state index contributed by atoms with van der Waals surface area (Å²) in [6, 6.07) is 12.3. The molecule has 0 radical (unpaired) electrons. The molecule has 1 atom stereocenters. The number of H-pyrrole nitrogens is 1. The van der Waals surface area contributed by atoms with Crippen LogP contribution in [0.25, 0.3) is 10.6 Å². The average Bonchev–Trinajstić information content (AvgIpc) is 3.16. The van der Waals surface area contributed by atoms with Gasteiger partial charge in [-0.05, 0) is 30.0 Å². The summed E-state index contributed by atoms with van der Waals surface area (Å²) in [5.41, 5.74) is 3.36. The van der Waals surface area contributed by atoms with Gasteiger partial charge in [0.25, 0.3) is 0 Å². The Labute approximate surface area is 133 Å². The molecule has 0 spiro atoms. The van der Waals surface area contributed by atoms with Crippen LogP contribution in [0.5, 0.6) is 0 Å². The highest BCUT2D eigenvalue weighted by molar-refractivity contribution is 7.13. The third-order valence-electron chi connectivity index (χ3n) is 3.46. The molecule has 0 bridgehead atoms. The highest BCUT2D eigenvalue weighted by Crippen LogP contribution is 2.27. The molecule has 0 aliphatic carbocycles. The lowest BCUT2D eigenvalue weighted by Crippen LogP contribution is -2.18. The van der Waals surface area contributed by atoms with Crippen molar-refractivity contribution in [1.29, 1.82) is 0 Å². The van der Waals surface area contributed by atoms with E-state index in [-0.39, 0.29) is 6.04 Å². The molecule has 21 heavy (non-hydrogen) atoms. The number of nitrogens with one attached hydrogen (secondary N) is 2. The number of aromatic amines is 1. The van der Waals surface area contributed by atoms with Crippen LogP contribution in [0.3, 0.4) is 0 Å². The van der Waals surface area contributed by atoms with Crippen molar-refractivity contribution in [2.75, 3.05) is 0 Å². The van der Waals surface area contributed by atoms with E-state index in [0.29, 0.717) is 0 Å². The fraction of sp³-hybridized carbons (Fsp3) is 0.188. The van der Waals surface area contributed by atoms with Gasteiger partial charge in [-0.2, -0.15) is 5.10 Å². The molecule has 2 N–H and O–H groups in total. The van der Waals surface area contributed by atoms with E-state index in [1.54, 1.807) is 11.3 Å². The van der Waals surface area contributed by atoms with E-state index >= 15 is 0 Å². The van der Waals surface area contributed by atoms with E-state index in [2.05, 4.69) is 40.0 Å². The second kappa shape index (κ2) is 6.43. The molecule has 2 aromatic heterocycles. The van der Waals surface area contributed by atoms with Crippen molar-refractivity contribution >= 4 is 22.9 Å². The molecule has 0 unspecified atom stereocenters. The maximum atomic E-state index is 6.24. The van der Waals surface area contributed by atoms with Gasteiger partial charge in [0.1, 0.15) is 0 Å². The Bertz CT molecular complexity index is 706. The molecule has 5 heteroatoms. The van der Waals surface area contributed by atoms with Crippen molar-refractivity contribution in [3.05, 3.63) is 64.1 Å². The number of aromatic nitrogens is 2. The summed E-state index contributed by atoms with van der Waals surface area (Å²) in [5.74, 6) is 0. The maximum Gasteiger partial charge on any atom is 0.0794 e. The van der Waals surface area contributed by atoms with Gasteiger partial charge >= 0.3 is 0 Å². The van der Waals surface area contributed by atoms with Crippen LogP contribution in [0.15, 0.2) is 48.0 Å².